The van der Waals surface area contributed by atoms with Gasteiger partial charge in [-0.05, 0) is 109 Å². The highest BCUT2D eigenvalue weighted by atomic mass is 16.6. The van der Waals surface area contributed by atoms with Crippen LogP contribution in [-0.4, -0.2) is 37.2 Å². The number of hydrogen-bond acceptors (Lipinski definition) is 6. The van der Waals surface area contributed by atoms with Crippen LogP contribution in [0.3, 0.4) is 0 Å². The van der Waals surface area contributed by atoms with E-state index in [1.807, 2.05) is 72.9 Å². The van der Waals surface area contributed by atoms with Crippen molar-refractivity contribution in [2.24, 2.45) is 0 Å². The van der Waals surface area contributed by atoms with E-state index < -0.39 is 18.0 Å². The molecule has 66 heavy (non-hydrogen) atoms. The highest BCUT2D eigenvalue weighted by molar-refractivity contribution is 5.71. The van der Waals surface area contributed by atoms with Gasteiger partial charge in [0.2, 0.25) is 0 Å². The summed E-state index contributed by atoms with van der Waals surface area (Å²) < 4.78 is 16.6. The molecule has 1 atom stereocenters. The maximum absolute atomic E-state index is 12.8. The van der Waals surface area contributed by atoms with Crippen molar-refractivity contribution in [1.82, 2.24) is 0 Å². The SMILES string of the molecule is CC\C=C/C=C\C=C/C=C\C=C\C=C/CCCCCC(=O)OC(COC(=O)CC/C=C\C/C=C\C/C=C\C/C=C\C/C=C\C/C=C\CC)COC(=O)CCCC/C=C\C/C=C\C/C=C\CC. The zero-order chi connectivity index (χ0) is 47.9. The van der Waals surface area contributed by atoms with Gasteiger partial charge in [0, 0.05) is 19.3 Å². The summed E-state index contributed by atoms with van der Waals surface area (Å²) in [6.07, 6.45) is 78.9. The Labute approximate surface area is 402 Å². The van der Waals surface area contributed by atoms with Gasteiger partial charge >= 0.3 is 17.9 Å². The summed E-state index contributed by atoms with van der Waals surface area (Å²) in [4.78, 5) is 37.9. The molecule has 0 heterocycles. The molecule has 0 aliphatic heterocycles. The third-order valence-corrected chi connectivity index (χ3v) is 9.31. The van der Waals surface area contributed by atoms with Crippen LogP contribution in [0.4, 0.5) is 0 Å². The maximum atomic E-state index is 12.8. The molecule has 1 unspecified atom stereocenters. The van der Waals surface area contributed by atoms with Gasteiger partial charge in [-0.25, -0.2) is 0 Å². The van der Waals surface area contributed by atoms with Crippen LogP contribution in [0.2, 0.25) is 0 Å². The van der Waals surface area contributed by atoms with Crippen molar-refractivity contribution in [3.63, 3.8) is 0 Å². The average Bonchev–Trinajstić information content (AvgIpc) is 3.31. The fraction of sp³-hybridized carbons (Fsp3) is 0.450. The molecular formula is C60H86O6. The Kier molecular flexibility index (Phi) is 47.8. The van der Waals surface area contributed by atoms with Crippen LogP contribution in [0.25, 0.3) is 0 Å². The fourth-order valence-corrected chi connectivity index (χ4v) is 5.69. The largest absolute Gasteiger partial charge is 0.462 e. The van der Waals surface area contributed by atoms with E-state index in [1.165, 1.54) is 0 Å². The highest BCUT2D eigenvalue weighted by Crippen LogP contribution is 2.10. The number of esters is 3. The molecule has 0 aromatic heterocycles. The van der Waals surface area contributed by atoms with Crippen molar-refractivity contribution in [1.29, 1.82) is 0 Å². The minimum absolute atomic E-state index is 0.151. The van der Waals surface area contributed by atoms with Gasteiger partial charge in [-0.3, -0.25) is 14.4 Å². The van der Waals surface area contributed by atoms with Crippen molar-refractivity contribution in [3.8, 4) is 0 Å². The number of hydrogen-bond donors (Lipinski definition) is 0. The molecule has 0 amide bonds. The Balaban J connectivity index is 4.69. The van der Waals surface area contributed by atoms with E-state index >= 15 is 0 Å². The highest BCUT2D eigenvalue weighted by Gasteiger charge is 2.19. The molecule has 0 fully saturated rings. The fourth-order valence-electron chi connectivity index (χ4n) is 5.69. The molecule has 0 saturated carbocycles. The standard InChI is InChI=1S/C60H86O6/c1-4-7-10-13-16-19-22-25-27-29-30-32-33-35-38-41-44-47-50-53-59(62)65-56-57(55-64-58(61)52-49-46-43-40-37-24-21-18-15-12-9-6-3)66-60(63)54-51-48-45-42-39-36-34-31-28-26-23-20-17-14-11-8-5-2/h7-12,14,16-21,23,25-28,30-32,34-40,44,47,57H,4-6,13,15,22,24,29,33,41-43,45-46,48-56H2,1-3H3/b10-7-,11-8-,12-9-,17-14-,19-16-,21-18-,23-20-,27-25-,28-26-,32-30-,34-31+,38-35-,39-36-,40-37-,47-44-. The molecule has 0 bridgehead atoms. The molecule has 0 aromatic rings. The second-order valence-corrected chi connectivity index (χ2v) is 15.4. The van der Waals surface area contributed by atoms with Gasteiger partial charge < -0.3 is 14.2 Å². The lowest BCUT2D eigenvalue weighted by atomic mass is 10.1. The monoisotopic (exact) mass is 903 g/mol. The lowest BCUT2D eigenvalue weighted by Crippen LogP contribution is -2.30. The van der Waals surface area contributed by atoms with Crippen LogP contribution >= 0.6 is 0 Å². The van der Waals surface area contributed by atoms with E-state index in [0.29, 0.717) is 19.3 Å². The van der Waals surface area contributed by atoms with E-state index in [-0.39, 0.29) is 38.4 Å². The third-order valence-electron chi connectivity index (χ3n) is 9.31. The molecule has 0 saturated heterocycles. The summed E-state index contributed by atoms with van der Waals surface area (Å²) >= 11 is 0. The first-order valence-corrected chi connectivity index (χ1v) is 24.9. The molecular weight excluding hydrogens is 817 g/mol. The summed E-state index contributed by atoms with van der Waals surface area (Å²) in [5.41, 5.74) is 0. The minimum Gasteiger partial charge on any atom is -0.462 e. The molecule has 6 nitrogen and oxygen atoms in total. The zero-order valence-electron chi connectivity index (χ0n) is 41.1. The van der Waals surface area contributed by atoms with Gasteiger partial charge in [0.1, 0.15) is 13.2 Å². The van der Waals surface area contributed by atoms with Gasteiger partial charge in [-0.1, -0.05) is 209 Å². The van der Waals surface area contributed by atoms with Crippen LogP contribution < -0.4 is 0 Å². The van der Waals surface area contributed by atoms with E-state index in [4.69, 9.17) is 14.2 Å². The van der Waals surface area contributed by atoms with Crippen molar-refractivity contribution < 1.29 is 28.6 Å². The second kappa shape index (κ2) is 52.1. The molecule has 0 rings (SSSR count). The van der Waals surface area contributed by atoms with Crippen molar-refractivity contribution >= 4 is 17.9 Å². The van der Waals surface area contributed by atoms with E-state index in [2.05, 4.69) is 130 Å². The third kappa shape index (κ3) is 49.5. The van der Waals surface area contributed by atoms with Gasteiger partial charge in [0.15, 0.2) is 6.10 Å². The first-order chi connectivity index (χ1) is 32.5. The van der Waals surface area contributed by atoms with Crippen LogP contribution in [0.1, 0.15) is 156 Å². The Morgan fingerprint density at radius 2 is 0.652 bits per heavy atom. The lowest BCUT2D eigenvalue weighted by Gasteiger charge is -2.18. The van der Waals surface area contributed by atoms with Crippen LogP contribution in [0.15, 0.2) is 182 Å². The first kappa shape index (κ1) is 60.5. The zero-order valence-corrected chi connectivity index (χ0v) is 41.1. The van der Waals surface area contributed by atoms with E-state index in [1.54, 1.807) is 0 Å². The average molecular weight is 903 g/mol. The van der Waals surface area contributed by atoms with Crippen LogP contribution in [-0.2, 0) is 28.6 Å². The Hall–Kier alpha value is -5.49. The Morgan fingerprint density at radius 1 is 0.318 bits per heavy atom. The van der Waals surface area contributed by atoms with Gasteiger partial charge in [-0.2, -0.15) is 0 Å². The summed E-state index contributed by atoms with van der Waals surface area (Å²) in [5.74, 6) is -1.14. The number of carbonyl (C=O) groups is 3. The number of allylic oxidation sites excluding steroid dienone is 30. The summed E-state index contributed by atoms with van der Waals surface area (Å²) in [7, 11) is 0. The molecule has 0 radical (unpaired) electrons. The van der Waals surface area contributed by atoms with Crippen LogP contribution in [0, 0.1) is 0 Å². The molecule has 0 aliphatic rings. The predicted octanol–water partition coefficient (Wildman–Crippen LogP) is 16.6. The van der Waals surface area contributed by atoms with Gasteiger partial charge in [-0.15, -0.1) is 0 Å². The maximum Gasteiger partial charge on any atom is 0.306 e. The second-order valence-electron chi connectivity index (χ2n) is 15.4. The number of rotatable bonds is 41. The summed E-state index contributed by atoms with van der Waals surface area (Å²) in [6, 6.07) is 0. The molecule has 0 spiro atoms. The smallest absolute Gasteiger partial charge is 0.306 e. The number of carbonyl (C=O) groups excluding carboxylic acids is 3. The molecule has 6 heteroatoms. The summed E-state index contributed by atoms with van der Waals surface area (Å²) in [6.45, 7) is 6.08. The quantitative estimate of drug-likeness (QED) is 0.0200. The predicted molar refractivity (Wildman–Crippen MR) is 283 cm³/mol. The van der Waals surface area contributed by atoms with Crippen LogP contribution in [0.5, 0.6) is 0 Å². The van der Waals surface area contributed by atoms with E-state index in [9.17, 15) is 14.4 Å². The molecule has 362 valence electrons. The minimum atomic E-state index is -0.858. The van der Waals surface area contributed by atoms with Gasteiger partial charge in [0.25, 0.3) is 0 Å². The summed E-state index contributed by atoms with van der Waals surface area (Å²) in [5, 5.41) is 0. The topological polar surface area (TPSA) is 78.9 Å². The van der Waals surface area contributed by atoms with Gasteiger partial charge in [0.05, 0.1) is 0 Å². The molecule has 0 aromatic carbocycles. The van der Waals surface area contributed by atoms with Crippen molar-refractivity contribution in [2.75, 3.05) is 13.2 Å². The van der Waals surface area contributed by atoms with Crippen molar-refractivity contribution in [2.45, 2.75) is 162 Å². The Morgan fingerprint density at radius 3 is 1.12 bits per heavy atom. The Bertz CT molecular complexity index is 1650. The number of ether oxygens (including phenoxy) is 3. The number of unbranched alkanes of at least 4 members (excludes halogenated alkanes) is 5. The first-order valence-electron chi connectivity index (χ1n) is 24.9. The lowest BCUT2D eigenvalue weighted by molar-refractivity contribution is -0.166. The van der Waals surface area contributed by atoms with Crippen molar-refractivity contribution in [3.05, 3.63) is 182 Å². The molecule has 0 N–H and O–H groups in total. The molecule has 0 aliphatic carbocycles. The normalized spacial score (nSPS) is 13.7. The van der Waals surface area contributed by atoms with E-state index in [0.717, 1.165) is 96.3 Å².